The highest BCUT2D eigenvalue weighted by atomic mass is 16.6. The van der Waals surface area contributed by atoms with Crippen LogP contribution in [-0.2, 0) is 4.74 Å². The summed E-state index contributed by atoms with van der Waals surface area (Å²) < 4.78 is 5.54. The van der Waals surface area contributed by atoms with Crippen molar-refractivity contribution in [3.63, 3.8) is 0 Å². The summed E-state index contributed by atoms with van der Waals surface area (Å²) in [5.74, 6) is 0. The van der Waals surface area contributed by atoms with Gasteiger partial charge in [-0.25, -0.2) is 0 Å². The van der Waals surface area contributed by atoms with Crippen LogP contribution in [0.15, 0.2) is 0 Å². The second-order valence-corrected chi connectivity index (χ2v) is 3.63. The zero-order valence-electron chi connectivity index (χ0n) is 8.55. The summed E-state index contributed by atoms with van der Waals surface area (Å²) in [4.78, 5) is 2.27. The van der Waals surface area contributed by atoms with Crippen LogP contribution in [0.2, 0.25) is 0 Å². The quantitative estimate of drug-likeness (QED) is 0.450. The van der Waals surface area contributed by atoms with Gasteiger partial charge in [-0.1, -0.05) is 33.1 Å². The Labute approximate surface area is 75.9 Å². The molecule has 1 saturated heterocycles. The molecule has 0 bridgehead atoms. The molecule has 0 aromatic rings. The van der Waals surface area contributed by atoms with E-state index in [1.807, 2.05) is 0 Å². The van der Waals surface area contributed by atoms with Gasteiger partial charge in [0.25, 0.3) is 0 Å². The lowest BCUT2D eigenvalue weighted by Crippen LogP contribution is -2.22. The molecule has 72 valence electrons. The topological polar surface area (TPSA) is 15.8 Å². The number of epoxide rings is 1. The molecule has 2 nitrogen and oxygen atoms in total. The molecule has 1 fully saturated rings. The van der Waals surface area contributed by atoms with Gasteiger partial charge in [0.15, 0.2) is 0 Å². The largest absolute Gasteiger partial charge is 0.353 e. The predicted molar refractivity (Wildman–Crippen MR) is 51.1 cm³/mol. The van der Waals surface area contributed by atoms with Crippen molar-refractivity contribution >= 4 is 0 Å². The van der Waals surface area contributed by atoms with Gasteiger partial charge >= 0.3 is 0 Å². The van der Waals surface area contributed by atoms with Crippen molar-refractivity contribution in [1.29, 1.82) is 0 Å². The fourth-order valence-corrected chi connectivity index (χ4v) is 1.51. The third kappa shape index (κ3) is 2.76. The van der Waals surface area contributed by atoms with Gasteiger partial charge in [0.05, 0.1) is 6.10 Å². The lowest BCUT2D eigenvalue weighted by molar-refractivity contribution is 0.218. The van der Waals surface area contributed by atoms with Gasteiger partial charge in [-0.15, -0.1) is 0 Å². The fraction of sp³-hybridized carbons (Fsp3) is 1.00. The Balaban J connectivity index is 2.00. The monoisotopic (exact) mass is 171 g/mol. The number of ether oxygens (including phenoxy) is 1. The van der Waals surface area contributed by atoms with Crippen LogP contribution >= 0.6 is 0 Å². The number of hydrogen-bond acceptors (Lipinski definition) is 2. The van der Waals surface area contributed by atoms with E-state index in [0.29, 0.717) is 12.3 Å². The maximum atomic E-state index is 5.54. The minimum atomic E-state index is 0.437. The molecule has 1 rings (SSSR count). The van der Waals surface area contributed by atoms with E-state index in [2.05, 4.69) is 25.8 Å². The Hall–Kier alpha value is -0.0800. The van der Waals surface area contributed by atoms with E-state index in [1.54, 1.807) is 0 Å². The molecule has 2 atom stereocenters. The highest BCUT2D eigenvalue weighted by molar-refractivity contribution is 4.82. The first-order valence-electron chi connectivity index (χ1n) is 5.15. The minimum absolute atomic E-state index is 0.437. The number of likely N-dealkylation sites (N-methyl/N-ethyl adjacent to an activating group) is 1. The van der Waals surface area contributed by atoms with Crippen LogP contribution in [0.4, 0.5) is 0 Å². The van der Waals surface area contributed by atoms with Gasteiger partial charge in [0.2, 0.25) is 0 Å². The predicted octanol–water partition coefficient (Wildman–Crippen LogP) is 2.24. The van der Waals surface area contributed by atoms with Gasteiger partial charge in [-0.05, 0) is 20.0 Å². The molecule has 1 unspecified atom stereocenters. The molecule has 12 heavy (non-hydrogen) atoms. The average molecular weight is 171 g/mol. The Morgan fingerprint density at radius 3 is 2.58 bits per heavy atom. The normalized spacial score (nSPS) is 28.0. The van der Waals surface area contributed by atoms with E-state index in [1.165, 1.54) is 25.7 Å². The first-order chi connectivity index (χ1) is 5.79. The molecule has 0 radical (unpaired) electrons. The maximum Gasteiger partial charge on any atom is 0.137 e. The SMILES string of the molecule is CCCCC[C@@H]1OC1N(C)CC. The third-order valence-corrected chi connectivity index (χ3v) is 2.58. The molecule has 1 heterocycles. The highest BCUT2D eigenvalue weighted by Crippen LogP contribution is 2.29. The van der Waals surface area contributed by atoms with Gasteiger partial charge in [-0.2, -0.15) is 0 Å². The molecule has 0 saturated carbocycles. The average Bonchev–Trinajstić information content (AvgIpc) is 2.83. The summed E-state index contributed by atoms with van der Waals surface area (Å²) in [5, 5.41) is 0. The second-order valence-electron chi connectivity index (χ2n) is 3.63. The van der Waals surface area contributed by atoms with E-state index in [0.717, 1.165) is 6.54 Å². The third-order valence-electron chi connectivity index (χ3n) is 2.58. The van der Waals surface area contributed by atoms with E-state index in [4.69, 9.17) is 4.74 Å². The van der Waals surface area contributed by atoms with Gasteiger partial charge in [0, 0.05) is 0 Å². The molecular weight excluding hydrogens is 150 g/mol. The van der Waals surface area contributed by atoms with E-state index in [-0.39, 0.29) is 0 Å². The Morgan fingerprint density at radius 2 is 2.00 bits per heavy atom. The van der Waals surface area contributed by atoms with Crippen LogP contribution in [0.1, 0.15) is 39.5 Å². The molecule has 0 spiro atoms. The molecule has 0 aromatic carbocycles. The van der Waals surface area contributed by atoms with E-state index >= 15 is 0 Å². The molecular formula is C10H21NO. The number of nitrogens with zero attached hydrogens (tertiary/aromatic N) is 1. The molecule has 0 aromatic heterocycles. The molecule has 0 N–H and O–H groups in total. The Morgan fingerprint density at radius 1 is 1.25 bits per heavy atom. The number of hydrogen-bond donors (Lipinski definition) is 0. The second kappa shape index (κ2) is 4.83. The van der Waals surface area contributed by atoms with Gasteiger partial charge < -0.3 is 4.74 Å². The zero-order chi connectivity index (χ0) is 8.97. The first-order valence-corrected chi connectivity index (χ1v) is 5.15. The van der Waals surface area contributed by atoms with E-state index in [9.17, 15) is 0 Å². The smallest absolute Gasteiger partial charge is 0.137 e. The fourth-order valence-electron chi connectivity index (χ4n) is 1.51. The summed E-state index contributed by atoms with van der Waals surface area (Å²) >= 11 is 0. The van der Waals surface area contributed by atoms with Crippen LogP contribution in [0.25, 0.3) is 0 Å². The van der Waals surface area contributed by atoms with Crippen molar-refractivity contribution in [3.8, 4) is 0 Å². The Kier molecular flexibility index (Phi) is 4.02. The molecule has 2 heteroatoms. The van der Waals surface area contributed by atoms with Gasteiger partial charge in [-0.3, -0.25) is 4.90 Å². The van der Waals surface area contributed by atoms with Crippen molar-refractivity contribution < 1.29 is 4.74 Å². The van der Waals surface area contributed by atoms with Crippen molar-refractivity contribution in [1.82, 2.24) is 4.90 Å². The standard InChI is InChI=1S/C10H21NO/c1-4-6-7-8-9-10(12-9)11(3)5-2/h9-10H,4-8H2,1-3H3/t9-,10?/m0/s1. The first kappa shape index (κ1) is 10.0. The summed E-state index contributed by atoms with van der Waals surface area (Å²) in [5.41, 5.74) is 0. The molecule has 0 aliphatic carbocycles. The summed E-state index contributed by atoms with van der Waals surface area (Å²) in [6.07, 6.45) is 6.22. The lowest BCUT2D eigenvalue weighted by Gasteiger charge is -2.09. The maximum absolute atomic E-state index is 5.54. The van der Waals surface area contributed by atoms with Crippen LogP contribution < -0.4 is 0 Å². The summed E-state index contributed by atoms with van der Waals surface area (Å²) in [6, 6.07) is 0. The van der Waals surface area contributed by atoms with E-state index < -0.39 is 0 Å². The van der Waals surface area contributed by atoms with Crippen molar-refractivity contribution in [3.05, 3.63) is 0 Å². The van der Waals surface area contributed by atoms with Crippen LogP contribution in [0.5, 0.6) is 0 Å². The summed E-state index contributed by atoms with van der Waals surface area (Å²) in [7, 11) is 2.13. The van der Waals surface area contributed by atoms with Crippen LogP contribution in [0, 0.1) is 0 Å². The van der Waals surface area contributed by atoms with Crippen molar-refractivity contribution in [2.24, 2.45) is 0 Å². The summed E-state index contributed by atoms with van der Waals surface area (Å²) in [6.45, 7) is 5.50. The number of rotatable bonds is 6. The molecule has 0 amide bonds. The zero-order valence-corrected chi connectivity index (χ0v) is 8.55. The Bertz CT molecular complexity index is 127. The lowest BCUT2D eigenvalue weighted by atomic mass is 10.1. The van der Waals surface area contributed by atoms with Gasteiger partial charge in [0.1, 0.15) is 6.23 Å². The molecule has 1 aliphatic heterocycles. The van der Waals surface area contributed by atoms with Crippen LogP contribution in [0.3, 0.4) is 0 Å². The highest BCUT2D eigenvalue weighted by Gasteiger charge is 2.40. The number of unbranched alkanes of at least 4 members (excludes halogenated alkanes) is 2. The van der Waals surface area contributed by atoms with Crippen LogP contribution in [-0.4, -0.2) is 30.8 Å². The van der Waals surface area contributed by atoms with Crippen molar-refractivity contribution in [2.45, 2.75) is 51.9 Å². The molecule has 1 aliphatic rings. The van der Waals surface area contributed by atoms with Crippen molar-refractivity contribution in [2.75, 3.05) is 13.6 Å². The minimum Gasteiger partial charge on any atom is -0.353 e.